The van der Waals surface area contributed by atoms with E-state index in [1.54, 1.807) is 0 Å². The lowest BCUT2D eigenvalue weighted by atomic mass is 10.0. The Balaban J connectivity index is 2.34. The van der Waals surface area contributed by atoms with Crippen molar-refractivity contribution in [3.8, 4) is 11.3 Å². The molecule has 2 heterocycles. The van der Waals surface area contributed by atoms with Crippen LogP contribution in [0.5, 0.6) is 0 Å². The Morgan fingerprint density at radius 1 is 1.05 bits per heavy atom. The van der Waals surface area contributed by atoms with E-state index in [1.807, 2.05) is 13.1 Å². The van der Waals surface area contributed by atoms with Gasteiger partial charge in [0, 0.05) is 16.2 Å². The minimum absolute atomic E-state index is 0.773. The number of rotatable bonds is 1. The fourth-order valence-corrected chi connectivity index (χ4v) is 2.69. The number of benzene rings is 1. The molecule has 1 aromatic carbocycles. The van der Waals surface area contributed by atoms with Gasteiger partial charge in [-0.3, -0.25) is 0 Å². The molecule has 0 unspecified atom stereocenters. The molecule has 0 saturated carbocycles. The summed E-state index contributed by atoms with van der Waals surface area (Å²) in [4.78, 5) is 12.2. The van der Waals surface area contributed by atoms with Crippen LogP contribution in [-0.4, -0.2) is 15.0 Å². The predicted octanol–water partition coefficient (Wildman–Crippen LogP) is 4.31. The molecule has 2 aromatic heterocycles. The van der Waals surface area contributed by atoms with Crippen LogP contribution in [0.4, 0.5) is 0 Å². The molecule has 0 spiro atoms. The van der Waals surface area contributed by atoms with Crippen molar-refractivity contribution < 1.29 is 0 Å². The van der Waals surface area contributed by atoms with E-state index in [-0.39, 0.29) is 0 Å². The smallest absolute Gasteiger partial charge is 0.142 e. The maximum Gasteiger partial charge on any atom is 0.142 e. The van der Waals surface area contributed by atoms with Crippen LogP contribution in [0.2, 0.25) is 0 Å². The lowest BCUT2D eigenvalue weighted by Gasteiger charge is -2.07. The minimum atomic E-state index is 0.773. The summed E-state index contributed by atoms with van der Waals surface area (Å²) in [6.07, 6.45) is 1.91. The molecule has 0 amide bonds. The quantitative estimate of drug-likeness (QED) is 0.727. The highest BCUT2D eigenvalue weighted by atomic mass is 79.9. The number of H-pyrrole nitrogens is 1. The number of nitrogens with one attached hydrogen (secondary N) is 1. The third-order valence-corrected chi connectivity index (χ3v) is 4.00. The van der Waals surface area contributed by atoms with E-state index in [1.165, 1.54) is 11.1 Å². The van der Waals surface area contributed by atoms with Gasteiger partial charge in [-0.15, -0.1) is 0 Å². The molecule has 0 aliphatic heterocycles. The Kier molecular flexibility index (Phi) is 2.90. The lowest BCUT2D eigenvalue weighted by Crippen LogP contribution is -1.94. The maximum atomic E-state index is 4.61. The van der Waals surface area contributed by atoms with E-state index in [9.17, 15) is 0 Å². The third kappa shape index (κ3) is 2.06. The molecule has 19 heavy (non-hydrogen) atoms. The van der Waals surface area contributed by atoms with Gasteiger partial charge in [0.25, 0.3) is 0 Å². The summed E-state index contributed by atoms with van der Waals surface area (Å²) < 4.78 is 0.996. The zero-order valence-corrected chi connectivity index (χ0v) is 12.7. The topological polar surface area (TPSA) is 41.6 Å². The van der Waals surface area contributed by atoms with Crippen LogP contribution in [0.15, 0.2) is 28.9 Å². The molecule has 3 aromatic rings. The SMILES string of the molecule is Cc1nc(-c2ccc(C)c(C)c2)c2c(Br)c[nH]c2n1. The average Bonchev–Trinajstić information content (AvgIpc) is 2.73. The Morgan fingerprint density at radius 3 is 2.58 bits per heavy atom. The average molecular weight is 316 g/mol. The van der Waals surface area contributed by atoms with Crippen molar-refractivity contribution in [3.05, 3.63) is 45.8 Å². The Bertz CT molecular complexity index is 774. The molecule has 0 aliphatic carbocycles. The van der Waals surface area contributed by atoms with E-state index >= 15 is 0 Å². The molecular weight excluding hydrogens is 302 g/mol. The number of aromatic amines is 1. The molecule has 3 rings (SSSR count). The second kappa shape index (κ2) is 4.46. The summed E-state index contributed by atoms with van der Waals surface area (Å²) in [6, 6.07) is 6.42. The number of nitrogens with zero attached hydrogens (tertiary/aromatic N) is 2. The van der Waals surface area contributed by atoms with E-state index in [4.69, 9.17) is 0 Å². The van der Waals surface area contributed by atoms with Crippen LogP contribution in [-0.2, 0) is 0 Å². The molecular formula is C15H14BrN3. The van der Waals surface area contributed by atoms with Gasteiger partial charge < -0.3 is 4.98 Å². The van der Waals surface area contributed by atoms with Gasteiger partial charge in [-0.1, -0.05) is 12.1 Å². The van der Waals surface area contributed by atoms with Gasteiger partial charge >= 0.3 is 0 Å². The Morgan fingerprint density at radius 2 is 1.84 bits per heavy atom. The molecule has 96 valence electrons. The second-order valence-corrected chi connectivity index (χ2v) is 5.63. The molecule has 0 saturated heterocycles. The Hall–Kier alpha value is -1.68. The predicted molar refractivity (Wildman–Crippen MR) is 81.2 cm³/mol. The van der Waals surface area contributed by atoms with Crippen LogP contribution in [0, 0.1) is 20.8 Å². The van der Waals surface area contributed by atoms with Crippen LogP contribution in [0.1, 0.15) is 17.0 Å². The molecule has 0 fully saturated rings. The lowest BCUT2D eigenvalue weighted by molar-refractivity contribution is 1.08. The third-order valence-electron chi connectivity index (χ3n) is 3.38. The van der Waals surface area contributed by atoms with Crippen LogP contribution >= 0.6 is 15.9 Å². The zero-order chi connectivity index (χ0) is 13.6. The van der Waals surface area contributed by atoms with Crippen molar-refractivity contribution in [2.75, 3.05) is 0 Å². The molecule has 0 aliphatic rings. The number of aryl methyl sites for hydroxylation is 3. The van der Waals surface area contributed by atoms with Crippen molar-refractivity contribution in [3.63, 3.8) is 0 Å². The highest BCUT2D eigenvalue weighted by Gasteiger charge is 2.13. The molecule has 4 heteroatoms. The van der Waals surface area contributed by atoms with Crippen molar-refractivity contribution in [2.45, 2.75) is 20.8 Å². The van der Waals surface area contributed by atoms with E-state index in [0.717, 1.165) is 32.6 Å². The highest BCUT2D eigenvalue weighted by molar-refractivity contribution is 9.10. The van der Waals surface area contributed by atoms with Crippen molar-refractivity contribution in [1.29, 1.82) is 0 Å². The second-order valence-electron chi connectivity index (χ2n) is 4.78. The van der Waals surface area contributed by atoms with Crippen LogP contribution < -0.4 is 0 Å². The van der Waals surface area contributed by atoms with Gasteiger partial charge in [0.05, 0.1) is 11.1 Å². The first-order chi connectivity index (χ1) is 9.06. The van der Waals surface area contributed by atoms with E-state index in [2.05, 4.69) is 62.9 Å². The van der Waals surface area contributed by atoms with Gasteiger partial charge in [-0.05, 0) is 53.9 Å². The van der Waals surface area contributed by atoms with Gasteiger partial charge in [0.1, 0.15) is 11.5 Å². The summed E-state index contributed by atoms with van der Waals surface area (Å²) in [5.74, 6) is 0.773. The van der Waals surface area contributed by atoms with Gasteiger partial charge in [-0.2, -0.15) is 0 Å². The normalized spacial score (nSPS) is 11.2. The summed E-state index contributed by atoms with van der Waals surface area (Å²) in [7, 11) is 0. The van der Waals surface area contributed by atoms with Crippen LogP contribution in [0.3, 0.4) is 0 Å². The number of halogens is 1. The van der Waals surface area contributed by atoms with Gasteiger partial charge in [0.2, 0.25) is 0 Å². The first kappa shape index (κ1) is 12.4. The minimum Gasteiger partial charge on any atom is -0.345 e. The van der Waals surface area contributed by atoms with Crippen LogP contribution in [0.25, 0.3) is 22.3 Å². The fourth-order valence-electron chi connectivity index (χ4n) is 2.20. The standard InChI is InChI=1S/C15H14BrN3/c1-8-4-5-11(6-9(8)2)14-13-12(16)7-17-15(13)19-10(3)18-14/h4-7H,1-3H3,(H,17,18,19). The molecule has 3 nitrogen and oxygen atoms in total. The van der Waals surface area contributed by atoms with Gasteiger partial charge in [-0.25, -0.2) is 9.97 Å². The summed E-state index contributed by atoms with van der Waals surface area (Å²) in [5.41, 5.74) is 5.53. The maximum absolute atomic E-state index is 4.61. The Labute approximate surface area is 120 Å². The summed E-state index contributed by atoms with van der Waals surface area (Å²) in [5, 5.41) is 1.04. The highest BCUT2D eigenvalue weighted by Crippen LogP contribution is 2.32. The summed E-state index contributed by atoms with van der Waals surface area (Å²) >= 11 is 3.56. The molecule has 1 N–H and O–H groups in total. The molecule has 0 atom stereocenters. The molecule has 0 radical (unpaired) electrons. The number of hydrogen-bond acceptors (Lipinski definition) is 2. The molecule has 0 bridgehead atoms. The number of hydrogen-bond donors (Lipinski definition) is 1. The zero-order valence-electron chi connectivity index (χ0n) is 11.1. The number of fused-ring (bicyclic) bond motifs is 1. The van der Waals surface area contributed by atoms with Gasteiger partial charge in [0.15, 0.2) is 0 Å². The van der Waals surface area contributed by atoms with Crippen molar-refractivity contribution in [1.82, 2.24) is 15.0 Å². The fraction of sp³-hybridized carbons (Fsp3) is 0.200. The number of aromatic nitrogens is 3. The first-order valence-corrected chi connectivity index (χ1v) is 6.94. The monoisotopic (exact) mass is 315 g/mol. The van der Waals surface area contributed by atoms with E-state index in [0.29, 0.717) is 0 Å². The van der Waals surface area contributed by atoms with Crippen molar-refractivity contribution in [2.24, 2.45) is 0 Å². The summed E-state index contributed by atoms with van der Waals surface area (Å²) in [6.45, 7) is 6.15. The first-order valence-electron chi connectivity index (χ1n) is 6.15. The van der Waals surface area contributed by atoms with Crippen molar-refractivity contribution >= 4 is 27.0 Å². The largest absolute Gasteiger partial charge is 0.345 e. The van der Waals surface area contributed by atoms with E-state index < -0.39 is 0 Å².